The fraction of sp³-hybridized carbons (Fsp3) is 0.800. The minimum atomic E-state index is -0.120. The van der Waals surface area contributed by atoms with E-state index in [2.05, 4.69) is 20.8 Å². The first kappa shape index (κ1) is 10.2. The van der Waals surface area contributed by atoms with Gasteiger partial charge < -0.3 is 19.9 Å². The molecule has 1 aromatic rings. The van der Waals surface area contributed by atoms with Crippen LogP contribution in [0.25, 0.3) is 0 Å². The second kappa shape index (κ2) is 3.51. The Morgan fingerprint density at radius 3 is 2.81 bits per heavy atom. The molecule has 0 aromatic carbocycles. The van der Waals surface area contributed by atoms with Crippen molar-refractivity contribution >= 4 is 0 Å². The summed E-state index contributed by atoms with van der Waals surface area (Å²) in [6.45, 7) is 5.38. The van der Waals surface area contributed by atoms with Crippen molar-refractivity contribution in [3.8, 4) is 0 Å². The molecule has 16 heavy (non-hydrogen) atoms. The molecule has 0 amide bonds. The molecule has 2 aliphatic rings. The van der Waals surface area contributed by atoms with E-state index >= 15 is 0 Å². The van der Waals surface area contributed by atoms with Crippen molar-refractivity contribution in [1.29, 1.82) is 0 Å². The van der Waals surface area contributed by atoms with Crippen LogP contribution in [0.3, 0.4) is 0 Å². The smallest absolute Gasteiger partial charge is 0.153 e. The number of morpholine rings is 1. The van der Waals surface area contributed by atoms with Crippen LogP contribution in [0, 0.1) is 6.92 Å². The molecule has 0 radical (unpaired) electrons. The van der Waals surface area contributed by atoms with Gasteiger partial charge in [0, 0.05) is 26.7 Å². The Hall–Kier alpha value is -0.980. The third-order valence-corrected chi connectivity index (χ3v) is 3.60. The number of aryl methyl sites for hydroxylation is 1. The predicted octanol–water partition coefficient (Wildman–Crippen LogP) is -0.874. The minimum absolute atomic E-state index is 0.120. The van der Waals surface area contributed by atoms with Crippen LogP contribution in [-0.2, 0) is 11.8 Å². The molecule has 2 N–H and O–H groups in total. The van der Waals surface area contributed by atoms with Crippen LogP contribution < -0.4 is 10.6 Å². The highest BCUT2D eigenvalue weighted by Gasteiger charge is 2.49. The molecular weight excluding hydrogens is 206 g/mol. The fourth-order valence-electron chi connectivity index (χ4n) is 2.41. The lowest BCUT2D eigenvalue weighted by Crippen LogP contribution is -2.69. The molecule has 2 fully saturated rings. The highest BCUT2D eigenvalue weighted by molar-refractivity contribution is 5.14. The molecule has 2 aliphatic heterocycles. The van der Waals surface area contributed by atoms with Crippen LogP contribution in [0.1, 0.15) is 17.7 Å². The summed E-state index contributed by atoms with van der Waals surface area (Å²) in [4.78, 5) is 0. The molecule has 6 heteroatoms. The molecular formula is C10H17N5O. The Bertz CT molecular complexity index is 398. The van der Waals surface area contributed by atoms with Crippen molar-refractivity contribution < 1.29 is 4.74 Å². The summed E-state index contributed by atoms with van der Waals surface area (Å²) in [6, 6.07) is 0.147. The van der Waals surface area contributed by atoms with Gasteiger partial charge in [-0.25, -0.2) is 0 Å². The SMILES string of the molecule is Cc1nnc(C2NCCOC23CNC3)n1C. The topological polar surface area (TPSA) is 64.0 Å². The quantitative estimate of drug-likeness (QED) is 0.648. The Morgan fingerprint density at radius 2 is 2.25 bits per heavy atom. The van der Waals surface area contributed by atoms with Crippen molar-refractivity contribution in [3.63, 3.8) is 0 Å². The Morgan fingerprint density at radius 1 is 1.44 bits per heavy atom. The molecule has 1 spiro atoms. The van der Waals surface area contributed by atoms with E-state index in [0.717, 1.165) is 37.9 Å². The molecule has 1 unspecified atom stereocenters. The van der Waals surface area contributed by atoms with E-state index in [4.69, 9.17) is 4.74 Å². The third-order valence-electron chi connectivity index (χ3n) is 3.60. The van der Waals surface area contributed by atoms with Gasteiger partial charge >= 0.3 is 0 Å². The van der Waals surface area contributed by atoms with E-state index in [-0.39, 0.29) is 11.6 Å². The van der Waals surface area contributed by atoms with Crippen LogP contribution in [0.4, 0.5) is 0 Å². The number of nitrogens with one attached hydrogen (secondary N) is 2. The average molecular weight is 223 g/mol. The number of hydrogen-bond donors (Lipinski definition) is 2. The molecule has 6 nitrogen and oxygen atoms in total. The van der Waals surface area contributed by atoms with Gasteiger partial charge in [0.15, 0.2) is 5.82 Å². The van der Waals surface area contributed by atoms with E-state index in [1.807, 2.05) is 18.5 Å². The van der Waals surface area contributed by atoms with E-state index in [0.29, 0.717) is 0 Å². The van der Waals surface area contributed by atoms with Crippen LogP contribution in [0.15, 0.2) is 0 Å². The van der Waals surface area contributed by atoms with Crippen molar-refractivity contribution in [2.75, 3.05) is 26.2 Å². The summed E-state index contributed by atoms with van der Waals surface area (Å²) in [5, 5.41) is 15.1. The Kier molecular flexibility index (Phi) is 2.24. The molecule has 1 aromatic heterocycles. The van der Waals surface area contributed by atoms with Gasteiger partial charge in [-0.15, -0.1) is 10.2 Å². The van der Waals surface area contributed by atoms with Gasteiger partial charge in [0.2, 0.25) is 0 Å². The van der Waals surface area contributed by atoms with Crippen molar-refractivity contribution in [1.82, 2.24) is 25.4 Å². The summed E-state index contributed by atoms with van der Waals surface area (Å²) in [6.07, 6.45) is 0. The summed E-state index contributed by atoms with van der Waals surface area (Å²) in [5.41, 5.74) is -0.120. The lowest BCUT2D eigenvalue weighted by atomic mass is 9.86. The summed E-state index contributed by atoms with van der Waals surface area (Å²) < 4.78 is 7.96. The first-order chi connectivity index (χ1) is 7.73. The van der Waals surface area contributed by atoms with Gasteiger partial charge in [-0.3, -0.25) is 0 Å². The second-order valence-electron chi connectivity index (χ2n) is 4.57. The van der Waals surface area contributed by atoms with E-state index in [9.17, 15) is 0 Å². The molecule has 1 atom stereocenters. The van der Waals surface area contributed by atoms with Gasteiger partial charge in [0.25, 0.3) is 0 Å². The lowest BCUT2D eigenvalue weighted by Gasteiger charge is -2.50. The van der Waals surface area contributed by atoms with Gasteiger partial charge in [0.1, 0.15) is 11.4 Å². The standard InChI is InChI=1S/C10H17N5O/c1-7-13-14-9(15(7)2)8-10(5-11-6-10)16-4-3-12-8/h8,11-12H,3-6H2,1-2H3. The van der Waals surface area contributed by atoms with Gasteiger partial charge in [-0.1, -0.05) is 0 Å². The Labute approximate surface area is 94.4 Å². The zero-order valence-corrected chi connectivity index (χ0v) is 9.66. The van der Waals surface area contributed by atoms with Crippen LogP contribution in [0.2, 0.25) is 0 Å². The monoisotopic (exact) mass is 223 g/mol. The van der Waals surface area contributed by atoms with Crippen LogP contribution in [0.5, 0.6) is 0 Å². The summed E-state index contributed by atoms with van der Waals surface area (Å²) >= 11 is 0. The largest absolute Gasteiger partial charge is 0.369 e. The maximum absolute atomic E-state index is 5.93. The predicted molar refractivity (Wildman–Crippen MR) is 58.0 cm³/mol. The first-order valence-electron chi connectivity index (χ1n) is 5.67. The molecule has 0 saturated carbocycles. The molecule has 0 bridgehead atoms. The molecule has 3 rings (SSSR count). The number of aromatic nitrogens is 3. The van der Waals surface area contributed by atoms with Crippen molar-refractivity contribution in [3.05, 3.63) is 11.6 Å². The maximum atomic E-state index is 5.93. The van der Waals surface area contributed by atoms with E-state index in [1.165, 1.54) is 0 Å². The average Bonchev–Trinajstić information content (AvgIpc) is 2.58. The van der Waals surface area contributed by atoms with E-state index < -0.39 is 0 Å². The highest BCUT2D eigenvalue weighted by atomic mass is 16.5. The number of ether oxygens (including phenoxy) is 1. The van der Waals surface area contributed by atoms with Crippen LogP contribution >= 0.6 is 0 Å². The molecule has 2 saturated heterocycles. The van der Waals surface area contributed by atoms with Crippen molar-refractivity contribution in [2.45, 2.75) is 18.6 Å². The lowest BCUT2D eigenvalue weighted by molar-refractivity contribution is -0.131. The Balaban J connectivity index is 1.95. The van der Waals surface area contributed by atoms with Gasteiger partial charge in [0.05, 0.1) is 12.6 Å². The van der Waals surface area contributed by atoms with Crippen molar-refractivity contribution in [2.24, 2.45) is 7.05 Å². The number of nitrogens with zero attached hydrogens (tertiary/aromatic N) is 3. The summed E-state index contributed by atoms with van der Waals surface area (Å²) in [7, 11) is 2.00. The third kappa shape index (κ3) is 1.30. The van der Waals surface area contributed by atoms with Gasteiger partial charge in [-0.2, -0.15) is 0 Å². The highest BCUT2D eigenvalue weighted by Crippen LogP contribution is 2.33. The second-order valence-corrected chi connectivity index (χ2v) is 4.57. The zero-order valence-electron chi connectivity index (χ0n) is 9.66. The zero-order chi connectivity index (χ0) is 11.2. The van der Waals surface area contributed by atoms with Gasteiger partial charge in [-0.05, 0) is 6.92 Å². The molecule has 88 valence electrons. The fourth-order valence-corrected chi connectivity index (χ4v) is 2.41. The maximum Gasteiger partial charge on any atom is 0.153 e. The van der Waals surface area contributed by atoms with E-state index in [1.54, 1.807) is 0 Å². The number of hydrogen-bond acceptors (Lipinski definition) is 5. The first-order valence-corrected chi connectivity index (χ1v) is 5.67. The number of rotatable bonds is 1. The van der Waals surface area contributed by atoms with Crippen LogP contribution in [-0.4, -0.2) is 46.6 Å². The molecule has 3 heterocycles. The minimum Gasteiger partial charge on any atom is -0.369 e. The molecule has 0 aliphatic carbocycles. The normalized spacial score (nSPS) is 28.0. The summed E-state index contributed by atoms with van der Waals surface area (Å²) in [5.74, 6) is 1.91.